The molecular weight excluding hydrogens is 1640 g/mol. The van der Waals surface area contributed by atoms with Gasteiger partial charge in [-0.05, 0) is 78.4 Å². The summed E-state index contributed by atoms with van der Waals surface area (Å²) < 4.78 is 114. The summed E-state index contributed by atoms with van der Waals surface area (Å²) >= 11 is 0. The Morgan fingerprint density at radius 2 is 0.832 bits per heavy atom. The van der Waals surface area contributed by atoms with Crippen molar-refractivity contribution in [2.75, 3.05) is 46.6 Å². The molecule has 4 saturated heterocycles. The third-order valence-corrected chi connectivity index (χ3v) is 22.8. The first kappa shape index (κ1) is 99.4. The number of aromatic nitrogens is 8. The number of nitrogens with two attached hydrogens (primary N) is 1. The summed E-state index contributed by atoms with van der Waals surface area (Å²) in [7, 11) is -33.5. The van der Waals surface area contributed by atoms with E-state index in [4.69, 9.17) is 44.7 Å². The molecule has 0 aromatic carbocycles. The largest absolute Gasteiger partial charge is 0.756 e. The standard InChI is InChI=1S/C16H28N3O14P3.C16H24N2O5.C15H26N3O14P3.C9H12N2O5.C3H6/c1-17-7-5-3-2-4-6-11-9-19(16(22)18-14(11)21)15-13(20)8-12(31-15)10-30-35(26,27)33-36(28,29)32-34(23,24)25;1-2-3-4-5-6-7-11-9-18(16(22)17-14(11)21)15-13(20)8-12(10-19)23-15;16-6-4-2-1-3-5-10-8-18(15(21)17-13(10)20)14-12(19)7-11(30-14)9-29-34(25,26)32-35(27,28)31-33(22,23)24;12-4-5-3-6(13)8(16-5)11-2-1-7(14)10-9(11)15;1-3-2/h4,6,9,12-13,15,17,20H,2-3,5,7-8,10H2,1H3,(H,26,27)(H,28,29)(H,18,21,22)(H2,23,24,25);6-7,9,12-13,15,19-20H,2-5,8,10H2,1H3,(H,17,21,22);3,5,8,11-12,14,19H,1-2,4,6-7,9,16H2,(H,25,26)(H,27,28)(H,17,20,21)(H2,22,23,24);1-2,5-6,8,12-13H,3-4H2,(H,10,14,15);3H,1H2,2H3/p-6/b6-4+;7-6+;5-3+;;/t2*12-,13?,15+;11-,12?,14+;5-,6?,8+;/m0000./s1. The maximum absolute atomic E-state index is 12.3. The van der Waals surface area contributed by atoms with Gasteiger partial charge in [-0.1, -0.05) is 62.3 Å². The van der Waals surface area contributed by atoms with Gasteiger partial charge < -0.3 is 109 Å². The number of aliphatic hydroxyl groups is 6. The lowest BCUT2D eigenvalue weighted by Gasteiger charge is -2.32. The van der Waals surface area contributed by atoms with Crippen LogP contribution >= 0.6 is 46.9 Å². The molecule has 0 amide bonds. The predicted molar refractivity (Wildman–Crippen MR) is 382 cm³/mol. The molecule has 4 aromatic rings. The highest BCUT2D eigenvalue weighted by Gasteiger charge is 2.41. The molecule has 15 N–H and O–H groups in total. The minimum absolute atomic E-state index is 0.0797. The van der Waals surface area contributed by atoms with Crippen LogP contribution in [0.4, 0.5) is 0 Å². The Balaban J connectivity index is 0.000000325. The van der Waals surface area contributed by atoms with Gasteiger partial charge in [0.2, 0.25) is 0 Å². The van der Waals surface area contributed by atoms with Gasteiger partial charge in [-0.15, -0.1) is 6.58 Å². The molecule has 640 valence electrons. The first-order chi connectivity index (χ1) is 52.8. The van der Waals surface area contributed by atoms with Crippen molar-refractivity contribution in [1.82, 2.24) is 43.5 Å². The summed E-state index contributed by atoms with van der Waals surface area (Å²) in [6, 6.07) is 1.17. The second-order valence-electron chi connectivity index (χ2n) is 24.6. The quantitative estimate of drug-likeness (QED) is 0.0117. The first-order valence-corrected chi connectivity index (χ1v) is 43.0. The normalized spacial score (nSPS) is 25.4. The van der Waals surface area contributed by atoms with Crippen molar-refractivity contribution in [3.05, 3.63) is 162 Å². The Morgan fingerprint density at radius 1 is 0.513 bits per heavy atom. The van der Waals surface area contributed by atoms with E-state index in [0.29, 0.717) is 24.9 Å². The van der Waals surface area contributed by atoms with Gasteiger partial charge in [0.15, 0.2) is 24.9 Å². The molecule has 18 atom stereocenters. The van der Waals surface area contributed by atoms with E-state index in [1.54, 1.807) is 24.3 Å². The second-order valence-corrected chi connectivity index (χ2v) is 33.2. The Morgan fingerprint density at radius 3 is 1.14 bits per heavy atom. The third-order valence-electron chi connectivity index (χ3n) is 15.4. The van der Waals surface area contributed by atoms with E-state index in [0.717, 1.165) is 84.0 Å². The number of nitrogens with one attached hydrogen (secondary N) is 5. The number of phosphoric acid groups is 6. The number of nitrogens with zero attached hydrogens (tertiary/aromatic N) is 4. The van der Waals surface area contributed by atoms with Crippen LogP contribution in [0.3, 0.4) is 0 Å². The number of unbranched alkanes of at least 4 members (excludes halogenated alkanes) is 7. The molecule has 0 aliphatic carbocycles. The fraction of sp³-hybridized carbons (Fsp3) is 0.593. The first-order valence-electron chi connectivity index (χ1n) is 34.2. The topological polar surface area (TPSA) is 752 Å². The molecule has 48 nitrogen and oxygen atoms in total. The SMILES string of the molecule is C=CC.CCCCC/C=C/c1cn([C@@H]2O[C@H](CO)CC2O)c(=O)[nH]c1=O.CNCCCC/C=C/c1cn([C@@H]2O[C@H](COP(=O)([O-])OP(=O)([O-])OP(=O)([O-])O)CC2O)c(=O)[nH]c1=O.NCCCC/C=C/c1cn([C@@H]2O[C@H](COP(=O)([O-])OP(=O)([O-])OP(=O)([O-])O)CC2O)c(=O)[nH]c1=O.O=c1ccn([C@@H]2O[C@H](CO)CC2O)c(=O)[nH]1. The van der Waals surface area contributed by atoms with Crippen molar-refractivity contribution >= 4 is 65.2 Å². The Hall–Kier alpha value is -5.98. The van der Waals surface area contributed by atoms with E-state index in [9.17, 15) is 116 Å². The van der Waals surface area contributed by atoms with Gasteiger partial charge in [-0.3, -0.25) is 84.8 Å². The maximum Gasteiger partial charge on any atom is 0.330 e. The maximum atomic E-state index is 12.3. The number of H-pyrrole nitrogens is 4. The molecule has 4 aliphatic heterocycles. The fourth-order valence-corrected chi connectivity index (χ4v) is 16.3. The fourth-order valence-electron chi connectivity index (χ4n) is 10.5. The summed E-state index contributed by atoms with van der Waals surface area (Å²) in [6.07, 6.45) is 13.1. The summed E-state index contributed by atoms with van der Waals surface area (Å²) in [4.78, 5) is 187. The molecule has 0 spiro atoms. The molecule has 10 unspecified atom stereocenters. The van der Waals surface area contributed by atoms with Gasteiger partial charge >= 0.3 is 22.8 Å². The molecule has 4 aromatic heterocycles. The lowest BCUT2D eigenvalue weighted by Crippen LogP contribution is -2.36. The van der Waals surface area contributed by atoms with Gasteiger partial charge in [0.25, 0.3) is 69.2 Å². The molecule has 4 fully saturated rings. The number of ether oxygens (including phenoxy) is 4. The second kappa shape index (κ2) is 46.8. The molecule has 0 saturated carbocycles. The van der Waals surface area contributed by atoms with E-state index in [1.165, 1.54) is 35.2 Å². The van der Waals surface area contributed by atoms with E-state index >= 15 is 0 Å². The van der Waals surface area contributed by atoms with Gasteiger partial charge in [0.1, 0.15) is 24.4 Å². The Bertz CT molecular complexity index is 4620. The van der Waals surface area contributed by atoms with Crippen LogP contribution in [0.25, 0.3) is 18.2 Å². The molecule has 8 rings (SSSR count). The number of aromatic amines is 4. The van der Waals surface area contributed by atoms with E-state index in [2.05, 4.69) is 65.0 Å². The summed E-state index contributed by atoms with van der Waals surface area (Å²) in [6.45, 7) is 6.47. The van der Waals surface area contributed by atoms with Gasteiger partial charge in [0, 0.05) is 56.5 Å². The average molecular weight is 1730 g/mol. The van der Waals surface area contributed by atoms with E-state index in [1.807, 2.05) is 20.0 Å². The lowest BCUT2D eigenvalue weighted by molar-refractivity contribution is -0.254. The molecular formula is C59H90N10O38P6-6. The van der Waals surface area contributed by atoms with Crippen LogP contribution in [0.2, 0.25) is 0 Å². The van der Waals surface area contributed by atoms with Gasteiger partial charge in [-0.2, -0.15) is 0 Å². The van der Waals surface area contributed by atoms with Crippen LogP contribution in [0, 0.1) is 0 Å². The minimum Gasteiger partial charge on any atom is -0.756 e. The van der Waals surface area contributed by atoms with Crippen molar-refractivity contribution in [3.8, 4) is 0 Å². The van der Waals surface area contributed by atoms with Crippen LogP contribution in [-0.4, -0.2) is 174 Å². The third kappa shape index (κ3) is 35.0. The van der Waals surface area contributed by atoms with E-state index in [-0.39, 0.29) is 50.0 Å². The van der Waals surface area contributed by atoms with Crippen LogP contribution < -0.4 is 85.4 Å². The number of allylic oxidation sites excluding steroid dienone is 4. The van der Waals surface area contributed by atoms with Crippen LogP contribution in [0.15, 0.2) is 100 Å². The number of hydrogen-bond donors (Lipinski definition) is 14. The molecule has 4 aliphatic rings. The van der Waals surface area contributed by atoms with Gasteiger partial charge in [-0.25, -0.2) is 36.4 Å². The molecule has 0 radical (unpaired) electrons. The monoisotopic (exact) mass is 1730 g/mol. The van der Waals surface area contributed by atoms with Crippen LogP contribution in [0.1, 0.15) is 145 Å². The molecule has 0 bridgehead atoms. The summed E-state index contributed by atoms with van der Waals surface area (Å²) in [5, 5.41) is 61.2. The number of rotatable bonds is 36. The zero-order valence-corrected chi connectivity index (χ0v) is 65.9. The highest BCUT2D eigenvalue weighted by atomic mass is 31.3. The predicted octanol–water partition coefficient (Wildman–Crippen LogP) is -4.05. The molecule has 8 heterocycles. The minimum atomic E-state index is -6.06. The zero-order chi connectivity index (χ0) is 84.8. The smallest absolute Gasteiger partial charge is 0.330 e. The molecule has 113 heavy (non-hydrogen) atoms. The van der Waals surface area contributed by atoms with Crippen molar-refractivity contribution in [3.63, 3.8) is 0 Å². The average Bonchev–Trinajstić information content (AvgIpc) is 1.60. The van der Waals surface area contributed by atoms with Crippen LogP contribution in [0.5, 0.6) is 0 Å². The summed E-state index contributed by atoms with van der Waals surface area (Å²) in [5.41, 5.74) is 0.471. The number of hydrogen-bond acceptors (Lipinski definition) is 38. The van der Waals surface area contributed by atoms with Crippen molar-refractivity contribution in [2.24, 2.45) is 5.73 Å². The highest BCUT2D eigenvalue weighted by molar-refractivity contribution is 7.65. The Labute approximate surface area is 640 Å². The van der Waals surface area contributed by atoms with Crippen molar-refractivity contribution < 1.29 is 142 Å². The zero-order valence-electron chi connectivity index (χ0n) is 60.6. The summed E-state index contributed by atoms with van der Waals surface area (Å²) in [5.74, 6) is 0. The van der Waals surface area contributed by atoms with E-state index < -0.39 is 179 Å². The number of aliphatic hydroxyl groups excluding tert-OH is 6. The van der Waals surface area contributed by atoms with Crippen molar-refractivity contribution in [1.29, 1.82) is 0 Å². The van der Waals surface area contributed by atoms with Crippen LogP contribution in [-0.2, 0) is 72.6 Å². The van der Waals surface area contributed by atoms with Gasteiger partial charge in [0.05, 0.1) is 67.5 Å². The Kier molecular flexibility index (Phi) is 41.2. The lowest BCUT2D eigenvalue weighted by atomic mass is 10.2. The van der Waals surface area contributed by atoms with Crippen molar-refractivity contribution in [2.45, 2.75) is 177 Å². The highest BCUT2D eigenvalue weighted by Crippen LogP contribution is 2.62. The molecule has 54 heteroatoms. The number of phosphoric ester groups is 2.